The van der Waals surface area contributed by atoms with E-state index in [1.54, 1.807) is 12.1 Å². The summed E-state index contributed by atoms with van der Waals surface area (Å²) in [4.78, 5) is 26.1. The van der Waals surface area contributed by atoms with Crippen molar-refractivity contribution >= 4 is 23.8 Å². The van der Waals surface area contributed by atoms with Crippen molar-refractivity contribution in [3.05, 3.63) is 35.9 Å². The highest BCUT2D eigenvalue weighted by Gasteiger charge is 2.17. The number of hydrogen-bond donors (Lipinski definition) is 4. The van der Waals surface area contributed by atoms with Crippen LogP contribution in [-0.4, -0.2) is 72.5 Å². The van der Waals surface area contributed by atoms with E-state index in [2.05, 4.69) is 31.2 Å². The highest BCUT2D eigenvalue weighted by Crippen LogP contribution is 2.23. The van der Waals surface area contributed by atoms with Gasteiger partial charge in [-0.1, -0.05) is 69.6 Å². The van der Waals surface area contributed by atoms with E-state index in [1.807, 2.05) is 18.2 Å². The molecule has 0 saturated heterocycles. The number of aromatic nitrogens is 3. The fourth-order valence-corrected chi connectivity index (χ4v) is 5.28. The summed E-state index contributed by atoms with van der Waals surface area (Å²) in [5, 5.41) is 13.3. The molecule has 0 spiro atoms. The third-order valence-electron chi connectivity index (χ3n) is 7.48. The van der Waals surface area contributed by atoms with Gasteiger partial charge in [0.15, 0.2) is 0 Å². The lowest BCUT2D eigenvalue weighted by atomic mass is 9.96. The Balaban J connectivity index is 1.15. The molecule has 0 unspecified atom stereocenters. The Morgan fingerprint density at radius 1 is 0.650 bits per heavy atom. The number of carbonyl (C=O) groups excluding carboxylic acids is 1. The Morgan fingerprint density at radius 3 is 1.75 bits per heavy atom. The van der Waals surface area contributed by atoms with Crippen LogP contribution >= 0.6 is 0 Å². The predicted molar refractivity (Wildman–Crippen MR) is 159 cm³/mol. The van der Waals surface area contributed by atoms with Gasteiger partial charge in [0.1, 0.15) is 0 Å². The van der Waals surface area contributed by atoms with Crippen molar-refractivity contribution in [2.75, 3.05) is 55.5 Å². The molecule has 0 radical (unpaired) electrons. The molecule has 40 heavy (non-hydrogen) atoms. The van der Waals surface area contributed by atoms with E-state index < -0.39 is 0 Å². The van der Waals surface area contributed by atoms with E-state index in [1.165, 1.54) is 51.4 Å². The highest BCUT2D eigenvalue weighted by atomic mass is 16.5. The van der Waals surface area contributed by atoms with Crippen LogP contribution in [0.1, 0.15) is 87.4 Å². The molecular formula is C30H47N7O3. The molecule has 2 fully saturated rings. The molecule has 0 atom stereocenters. The standard InChI is InChI=1S/C30H47N7O3/c38-27(24-12-6-4-7-13-24)31-18-20-39-22-23-40-21-19-32-28-35-29(33-25-14-8-2-1-3-9-15-25)37-30(36-28)34-26-16-10-5-11-17-26/h4,6-7,12-13,25-26H,1-3,5,8-11,14-23H2,(H,31,38)(H3,32,33,34,35,36,37). The van der Waals surface area contributed by atoms with Crippen LogP contribution in [0.4, 0.5) is 17.8 Å². The molecule has 2 aliphatic rings. The number of nitrogens with one attached hydrogen (secondary N) is 4. The van der Waals surface area contributed by atoms with Crippen molar-refractivity contribution in [2.24, 2.45) is 0 Å². The van der Waals surface area contributed by atoms with E-state index in [-0.39, 0.29) is 5.91 Å². The number of ether oxygens (including phenoxy) is 2. The maximum atomic E-state index is 12.0. The molecule has 0 aliphatic heterocycles. The third-order valence-corrected chi connectivity index (χ3v) is 7.48. The largest absolute Gasteiger partial charge is 0.377 e. The molecule has 4 rings (SSSR count). The van der Waals surface area contributed by atoms with Gasteiger partial charge in [0.2, 0.25) is 17.8 Å². The number of nitrogens with zero attached hydrogens (tertiary/aromatic N) is 3. The van der Waals surface area contributed by atoms with Gasteiger partial charge in [0, 0.05) is 30.7 Å². The van der Waals surface area contributed by atoms with Crippen LogP contribution in [0.2, 0.25) is 0 Å². The minimum atomic E-state index is -0.0926. The van der Waals surface area contributed by atoms with Gasteiger partial charge >= 0.3 is 0 Å². The second-order valence-electron chi connectivity index (χ2n) is 10.7. The monoisotopic (exact) mass is 553 g/mol. The maximum absolute atomic E-state index is 12.0. The lowest BCUT2D eigenvalue weighted by molar-refractivity contribution is 0.0519. The van der Waals surface area contributed by atoms with Crippen molar-refractivity contribution in [1.82, 2.24) is 20.3 Å². The third kappa shape index (κ3) is 11.3. The van der Waals surface area contributed by atoms with Crippen molar-refractivity contribution in [3.8, 4) is 0 Å². The van der Waals surface area contributed by atoms with Gasteiger partial charge in [0.05, 0.1) is 26.4 Å². The Labute approximate surface area is 238 Å². The Morgan fingerprint density at radius 2 is 1.15 bits per heavy atom. The van der Waals surface area contributed by atoms with Gasteiger partial charge in [0.25, 0.3) is 5.91 Å². The molecule has 2 aromatic rings. The van der Waals surface area contributed by atoms with Crippen LogP contribution in [0.3, 0.4) is 0 Å². The van der Waals surface area contributed by atoms with E-state index in [0.29, 0.717) is 75.0 Å². The van der Waals surface area contributed by atoms with E-state index in [9.17, 15) is 4.79 Å². The lowest BCUT2D eigenvalue weighted by Gasteiger charge is -2.24. The predicted octanol–water partition coefficient (Wildman–Crippen LogP) is 5.02. The van der Waals surface area contributed by atoms with Crippen molar-refractivity contribution in [1.29, 1.82) is 0 Å². The molecule has 2 aliphatic carbocycles. The number of carbonyl (C=O) groups is 1. The Bertz CT molecular complexity index is 981. The molecule has 2 saturated carbocycles. The molecule has 10 nitrogen and oxygen atoms in total. The quantitative estimate of drug-likeness (QED) is 0.225. The number of rotatable bonds is 15. The summed E-state index contributed by atoms with van der Waals surface area (Å²) < 4.78 is 11.3. The number of amides is 1. The van der Waals surface area contributed by atoms with Crippen LogP contribution in [-0.2, 0) is 9.47 Å². The Kier molecular flexibility index (Phi) is 13.2. The van der Waals surface area contributed by atoms with Gasteiger partial charge in [-0.2, -0.15) is 15.0 Å². The average Bonchev–Trinajstić information content (AvgIpc) is 2.96. The van der Waals surface area contributed by atoms with Crippen LogP contribution in [0.25, 0.3) is 0 Å². The summed E-state index contributed by atoms with van der Waals surface area (Å²) in [7, 11) is 0. The van der Waals surface area contributed by atoms with Crippen molar-refractivity contribution in [3.63, 3.8) is 0 Å². The second-order valence-corrected chi connectivity index (χ2v) is 10.7. The topological polar surface area (TPSA) is 122 Å². The Hall–Kier alpha value is -2.98. The SMILES string of the molecule is O=C(NCCOCCOCCNc1nc(NC2CCCCCCC2)nc(NC2CCCCC2)n1)c1ccccc1. The van der Waals surface area contributed by atoms with Gasteiger partial charge in [-0.3, -0.25) is 4.79 Å². The van der Waals surface area contributed by atoms with Gasteiger partial charge in [-0.25, -0.2) is 0 Å². The smallest absolute Gasteiger partial charge is 0.251 e. The first-order valence-electron chi connectivity index (χ1n) is 15.3. The summed E-state index contributed by atoms with van der Waals surface area (Å²) in [6.07, 6.45) is 15.0. The summed E-state index contributed by atoms with van der Waals surface area (Å²) in [6, 6.07) is 10.0. The summed E-state index contributed by atoms with van der Waals surface area (Å²) in [5.41, 5.74) is 0.649. The van der Waals surface area contributed by atoms with Crippen LogP contribution in [0, 0.1) is 0 Å². The molecule has 1 heterocycles. The fraction of sp³-hybridized carbons (Fsp3) is 0.667. The lowest BCUT2D eigenvalue weighted by Crippen LogP contribution is -2.27. The number of hydrogen-bond acceptors (Lipinski definition) is 9. The zero-order valence-electron chi connectivity index (χ0n) is 23.8. The van der Waals surface area contributed by atoms with Gasteiger partial charge < -0.3 is 30.7 Å². The molecule has 0 bridgehead atoms. The second kappa shape index (κ2) is 17.7. The van der Waals surface area contributed by atoms with E-state index >= 15 is 0 Å². The highest BCUT2D eigenvalue weighted by molar-refractivity contribution is 5.94. The molecule has 220 valence electrons. The first-order chi connectivity index (χ1) is 19.8. The molecule has 1 amide bonds. The van der Waals surface area contributed by atoms with Crippen molar-refractivity contribution in [2.45, 2.75) is 89.1 Å². The minimum absolute atomic E-state index is 0.0926. The number of anilines is 3. The average molecular weight is 554 g/mol. The zero-order valence-corrected chi connectivity index (χ0v) is 23.8. The minimum Gasteiger partial charge on any atom is -0.377 e. The van der Waals surface area contributed by atoms with Gasteiger partial charge in [-0.15, -0.1) is 0 Å². The normalized spacial score (nSPS) is 17.0. The molecular weight excluding hydrogens is 506 g/mol. The number of benzene rings is 1. The van der Waals surface area contributed by atoms with Crippen LogP contribution in [0.15, 0.2) is 30.3 Å². The van der Waals surface area contributed by atoms with Crippen LogP contribution < -0.4 is 21.3 Å². The van der Waals surface area contributed by atoms with E-state index in [0.717, 1.165) is 25.7 Å². The molecule has 4 N–H and O–H groups in total. The maximum Gasteiger partial charge on any atom is 0.251 e. The molecule has 1 aromatic heterocycles. The molecule has 10 heteroatoms. The zero-order chi connectivity index (χ0) is 27.7. The first-order valence-corrected chi connectivity index (χ1v) is 15.3. The first kappa shape index (κ1) is 30.0. The van der Waals surface area contributed by atoms with Gasteiger partial charge in [-0.05, 0) is 37.8 Å². The van der Waals surface area contributed by atoms with E-state index in [4.69, 9.17) is 14.5 Å². The molecule has 1 aromatic carbocycles. The summed E-state index contributed by atoms with van der Waals surface area (Å²) in [6.45, 7) is 2.95. The van der Waals surface area contributed by atoms with Crippen LogP contribution in [0.5, 0.6) is 0 Å². The fourth-order valence-electron chi connectivity index (χ4n) is 5.28. The van der Waals surface area contributed by atoms with Crippen molar-refractivity contribution < 1.29 is 14.3 Å². The summed E-state index contributed by atoms with van der Waals surface area (Å²) >= 11 is 0. The summed E-state index contributed by atoms with van der Waals surface area (Å²) in [5.74, 6) is 1.77.